The summed E-state index contributed by atoms with van der Waals surface area (Å²) in [4.78, 5) is 32.2. The summed E-state index contributed by atoms with van der Waals surface area (Å²) in [5, 5.41) is 3.05. The molecule has 1 unspecified atom stereocenters. The van der Waals surface area contributed by atoms with Crippen LogP contribution in [0.1, 0.15) is 18.9 Å². The number of nitrogens with one attached hydrogen (secondary N) is 1. The van der Waals surface area contributed by atoms with Gasteiger partial charge in [0.1, 0.15) is 13.2 Å². The second kappa shape index (κ2) is 9.54. The van der Waals surface area contributed by atoms with Gasteiger partial charge in [-0.3, -0.25) is 9.59 Å². The van der Waals surface area contributed by atoms with Crippen molar-refractivity contribution in [3.8, 4) is 11.5 Å². The number of nitrogens with zero attached hydrogens (tertiary/aromatic N) is 3. The molecule has 0 aliphatic carbocycles. The molecule has 34 heavy (non-hydrogen) atoms. The Morgan fingerprint density at radius 2 is 1.74 bits per heavy atom. The maximum atomic E-state index is 13.0. The Balaban J connectivity index is 1.22. The fourth-order valence-electron chi connectivity index (χ4n) is 4.87. The largest absolute Gasteiger partial charge is 0.486 e. The van der Waals surface area contributed by atoms with E-state index in [0.29, 0.717) is 31.3 Å². The van der Waals surface area contributed by atoms with Gasteiger partial charge in [0.2, 0.25) is 11.8 Å². The standard InChI is InChI=1S/C26H32N4O4/c1-3-28-8-10-29(11-9-28)20-4-6-22(18(2)14-20)27-26(32)19-15-25(31)30(17-19)21-5-7-23-24(16-21)34-13-12-33-23/h4-7,14,16,19H,3,8-13,15,17H2,1-2H3,(H,27,32). The minimum Gasteiger partial charge on any atom is -0.486 e. The van der Waals surface area contributed by atoms with Gasteiger partial charge in [-0.25, -0.2) is 0 Å². The van der Waals surface area contributed by atoms with Crippen molar-refractivity contribution in [2.45, 2.75) is 20.3 Å². The Hall–Kier alpha value is -3.26. The molecule has 0 radical (unpaired) electrons. The molecular formula is C26H32N4O4. The van der Waals surface area contributed by atoms with E-state index in [4.69, 9.17) is 9.47 Å². The van der Waals surface area contributed by atoms with E-state index in [0.717, 1.165) is 49.7 Å². The first-order valence-corrected chi connectivity index (χ1v) is 12.1. The number of likely N-dealkylation sites (N-methyl/N-ethyl adjacent to an activating group) is 1. The van der Waals surface area contributed by atoms with Crippen LogP contribution in [0, 0.1) is 12.8 Å². The fraction of sp³-hybridized carbons (Fsp3) is 0.462. The molecule has 2 amide bonds. The van der Waals surface area contributed by atoms with Crippen molar-refractivity contribution in [3.05, 3.63) is 42.0 Å². The number of hydrogen-bond acceptors (Lipinski definition) is 6. The van der Waals surface area contributed by atoms with Crippen molar-refractivity contribution in [3.63, 3.8) is 0 Å². The van der Waals surface area contributed by atoms with Crippen LogP contribution in [0.15, 0.2) is 36.4 Å². The van der Waals surface area contributed by atoms with Crippen molar-refractivity contribution in [2.24, 2.45) is 5.92 Å². The van der Waals surface area contributed by atoms with Gasteiger partial charge in [0.15, 0.2) is 11.5 Å². The second-order valence-corrected chi connectivity index (χ2v) is 9.14. The van der Waals surface area contributed by atoms with Gasteiger partial charge in [-0.05, 0) is 49.4 Å². The minimum atomic E-state index is -0.401. The zero-order chi connectivity index (χ0) is 23.7. The molecule has 1 N–H and O–H groups in total. The lowest BCUT2D eigenvalue weighted by atomic mass is 10.1. The number of ether oxygens (including phenoxy) is 2. The first-order valence-electron chi connectivity index (χ1n) is 12.1. The van der Waals surface area contributed by atoms with E-state index in [1.807, 2.05) is 31.2 Å². The summed E-state index contributed by atoms with van der Waals surface area (Å²) in [6.07, 6.45) is 0.194. The summed E-state index contributed by atoms with van der Waals surface area (Å²) in [6.45, 7) is 10.8. The lowest BCUT2D eigenvalue weighted by molar-refractivity contribution is -0.122. The van der Waals surface area contributed by atoms with E-state index < -0.39 is 5.92 Å². The van der Waals surface area contributed by atoms with Crippen LogP contribution in [0.2, 0.25) is 0 Å². The van der Waals surface area contributed by atoms with Crippen LogP contribution in [0.3, 0.4) is 0 Å². The molecule has 0 bridgehead atoms. The minimum absolute atomic E-state index is 0.0601. The normalized spacial score (nSPS) is 20.5. The molecule has 0 spiro atoms. The predicted molar refractivity (Wildman–Crippen MR) is 132 cm³/mol. The number of amides is 2. The van der Waals surface area contributed by atoms with Crippen LogP contribution in [0.25, 0.3) is 0 Å². The highest BCUT2D eigenvalue weighted by atomic mass is 16.6. The van der Waals surface area contributed by atoms with Crippen molar-refractivity contribution in [1.29, 1.82) is 0 Å². The lowest BCUT2D eigenvalue weighted by Gasteiger charge is -2.35. The molecule has 3 heterocycles. The molecular weight excluding hydrogens is 432 g/mol. The Morgan fingerprint density at radius 3 is 2.47 bits per heavy atom. The molecule has 5 rings (SSSR count). The van der Waals surface area contributed by atoms with E-state index >= 15 is 0 Å². The summed E-state index contributed by atoms with van der Waals surface area (Å²) in [5.74, 6) is 0.733. The number of hydrogen-bond donors (Lipinski definition) is 1. The summed E-state index contributed by atoms with van der Waals surface area (Å²) in [6, 6.07) is 11.7. The summed E-state index contributed by atoms with van der Waals surface area (Å²) in [5.41, 5.74) is 3.74. The van der Waals surface area contributed by atoms with Gasteiger partial charge in [0.05, 0.1) is 5.92 Å². The zero-order valence-electron chi connectivity index (χ0n) is 19.9. The molecule has 180 valence electrons. The first kappa shape index (κ1) is 22.5. The number of fused-ring (bicyclic) bond motifs is 1. The lowest BCUT2D eigenvalue weighted by Crippen LogP contribution is -2.46. The number of carbonyl (C=O) groups excluding carboxylic acids is 2. The van der Waals surface area contributed by atoms with E-state index in [2.05, 4.69) is 34.2 Å². The number of piperazine rings is 1. The third-order valence-electron chi connectivity index (χ3n) is 6.99. The molecule has 0 aromatic heterocycles. The Bertz CT molecular complexity index is 1080. The van der Waals surface area contributed by atoms with Crippen molar-refractivity contribution in [2.75, 3.05) is 67.6 Å². The van der Waals surface area contributed by atoms with E-state index in [1.54, 1.807) is 4.90 Å². The zero-order valence-corrected chi connectivity index (χ0v) is 19.9. The fourth-order valence-corrected chi connectivity index (χ4v) is 4.87. The smallest absolute Gasteiger partial charge is 0.229 e. The average molecular weight is 465 g/mol. The van der Waals surface area contributed by atoms with Gasteiger partial charge < -0.3 is 29.5 Å². The van der Waals surface area contributed by atoms with Gasteiger partial charge in [-0.1, -0.05) is 6.92 Å². The third kappa shape index (κ3) is 4.55. The van der Waals surface area contributed by atoms with Gasteiger partial charge in [-0.15, -0.1) is 0 Å². The number of aryl methyl sites for hydroxylation is 1. The monoisotopic (exact) mass is 464 g/mol. The number of rotatable bonds is 5. The van der Waals surface area contributed by atoms with Crippen LogP contribution in [-0.2, 0) is 9.59 Å². The van der Waals surface area contributed by atoms with Crippen LogP contribution in [0.4, 0.5) is 17.1 Å². The van der Waals surface area contributed by atoms with Crippen molar-refractivity contribution < 1.29 is 19.1 Å². The van der Waals surface area contributed by atoms with Gasteiger partial charge in [0.25, 0.3) is 0 Å². The molecule has 3 aliphatic heterocycles. The van der Waals surface area contributed by atoms with Gasteiger partial charge >= 0.3 is 0 Å². The van der Waals surface area contributed by atoms with Crippen molar-refractivity contribution >= 4 is 28.9 Å². The van der Waals surface area contributed by atoms with Crippen LogP contribution < -0.4 is 24.6 Å². The summed E-state index contributed by atoms with van der Waals surface area (Å²) >= 11 is 0. The summed E-state index contributed by atoms with van der Waals surface area (Å²) in [7, 11) is 0. The van der Waals surface area contributed by atoms with Crippen LogP contribution in [-0.4, -0.2) is 69.2 Å². The van der Waals surface area contributed by atoms with Gasteiger partial charge in [-0.2, -0.15) is 0 Å². The number of benzene rings is 2. The van der Waals surface area contributed by atoms with E-state index in [-0.39, 0.29) is 18.2 Å². The molecule has 8 nitrogen and oxygen atoms in total. The maximum Gasteiger partial charge on any atom is 0.229 e. The second-order valence-electron chi connectivity index (χ2n) is 9.14. The quantitative estimate of drug-likeness (QED) is 0.734. The molecule has 3 aliphatic rings. The highest BCUT2D eigenvalue weighted by Gasteiger charge is 2.36. The molecule has 0 saturated carbocycles. The number of anilines is 3. The highest BCUT2D eigenvalue weighted by Crippen LogP contribution is 2.36. The molecule has 2 aromatic carbocycles. The predicted octanol–water partition coefficient (Wildman–Crippen LogP) is 2.90. The molecule has 8 heteroatoms. The molecule has 2 aromatic rings. The summed E-state index contributed by atoms with van der Waals surface area (Å²) < 4.78 is 11.2. The third-order valence-corrected chi connectivity index (χ3v) is 6.99. The Morgan fingerprint density at radius 1 is 1.00 bits per heavy atom. The number of carbonyl (C=O) groups is 2. The van der Waals surface area contributed by atoms with E-state index in [9.17, 15) is 9.59 Å². The molecule has 2 saturated heterocycles. The Kier molecular flexibility index (Phi) is 6.32. The Labute approximate surface area is 200 Å². The van der Waals surface area contributed by atoms with Gasteiger partial charge in [0, 0.05) is 62.3 Å². The van der Waals surface area contributed by atoms with Crippen LogP contribution in [0.5, 0.6) is 11.5 Å². The molecule has 1 atom stereocenters. The first-order chi connectivity index (χ1) is 16.5. The molecule has 2 fully saturated rings. The maximum absolute atomic E-state index is 13.0. The van der Waals surface area contributed by atoms with Crippen molar-refractivity contribution in [1.82, 2.24) is 4.90 Å². The van der Waals surface area contributed by atoms with Crippen LogP contribution >= 0.6 is 0 Å². The highest BCUT2D eigenvalue weighted by molar-refractivity contribution is 6.04. The SMILES string of the molecule is CCN1CCN(c2ccc(NC(=O)C3CC(=O)N(c4ccc5c(c4)OCCO5)C3)c(C)c2)CC1. The van der Waals surface area contributed by atoms with E-state index in [1.165, 1.54) is 5.69 Å². The topological polar surface area (TPSA) is 74.4 Å². The average Bonchev–Trinajstić information content (AvgIpc) is 3.26.